The fourth-order valence-electron chi connectivity index (χ4n) is 6.21. The minimum Gasteiger partial charge on any atom is -0.340 e. The second-order valence-electron chi connectivity index (χ2n) is 13.1. The fourth-order valence-corrected chi connectivity index (χ4v) is 8.59. The van der Waals surface area contributed by atoms with Crippen LogP contribution in [0.1, 0.15) is 82.6 Å². The molecule has 1 atom stereocenters. The highest BCUT2D eigenvalue weighted by atomic mass is 79.9. The number of benzene rings is 2. The summed E-state index contributed by atoms with van der Waals surface area (Å²) in [6, 6.07) is 14.2. The van der Waals surface area contributed by atoms with Gasteiger partial charge in [0.15, 0.2) is 9.84 Å². The highest BCUT2D eigenvalue weighted by molar-refractivity contribution is 9.10. The first-order valence-corrected chi connectivity index (χ1v) is 17.0. The van der Waals surface area contributed by atoms with Gasteiger partial charge in [0.2, 0.25) is 5.91 Å². The standard InChI is InChI=1S/C32H44BrN3O4S/c1-22(2)35(6)26-12-15-32(16-13-26,21-41(39,40)27-10-8-7-9-11-27)36-17-14-28(30(36)38)34-29(37)23-18-24(31(3,4)5)20-25(33)19-23/h7-11,18-20,22,26,28H,12-17,21H2,1-6H3,(H,34,37)/t26?,28-,32?/m0/s1. The van der Waals surface area contributed by atoms with Crippen LogP contribution in [0.25, 0.3) is 0 Å². The summed E-state index contributed by atoms with van der Waals surface area (Å²) in [5.74, 6) is -0.608. The van der Waals surface area contributed by atoms with Crippen molar-refractivity contribution < 1.29 is 18.0 Å². The molecule has 1 saturated carbocycles. The number of sulfone groups is 1. The number of hydrogen-bond donors (Lipinski definition) is 1. The van der Waals surface area contributed by atoms with E-state index < -0.39 is 21.4 Å². The summed E-state index contributed by atoms with van der Waals surface area (Å²) in [4.78, 5) is 31.6. The van der Waals surface area contributed by atoms with E-state index in [1.54, 1.807) is 41.3 Å². The molecule has 2 amide bonds. The second-order valence-corrected chi connectivity index (χ2v) is 16.0. The molecule has 0 bridgehead atoms. The van der Waals surface area contributed by atoms with E-state index in [0.29, 0.717) is 43.5 Å². The Morgan fingerprint density at radius 3 is 2.32 bits per heavy atom. The van der Waals surface area contributed by atoms with Crippen LogP contribution < -0.4 is 5.32 Å². The van der Waals surface area contributed by atoms with Gasteiger partial charge in [0.05, 0.1) is 16.2 Å². The van der Waals surface area contributed by atoms with Gasteiger partial charge in [-0.1, -0.05) is 54.9 Å². The largest absolute Gasteiger partial charge is 0.340 e. The van der Waals surface area contributed by atoms with Crippen LogP contribution in [0.2, 0.25) is 0 Å². The molecule has 1 N–H and O–H groups in total. The van der Waals surface area contributed by atoms with Gasteiger partial charge >= 0.3 is 0 Å². The van der Waals surface area contributed by atoms with Crippen molar-refractivity contribution in [2.24, 2.45) is 0 Å². The molecule has 2 fully saturated rings. The van der Waals surface area contributed by atoms with Crippen molar-refractivity contribution in [1.29, 1.82) is 0 Å². The number of likely N-dealkylation sites (tertiary alicyclic amines) is 1. The van der Waals surface area contributed by atoms with Crippen LogP contribution in [-0.4, -0.2) is 73.0 Å². The van der Waals surface area contributed by atoms with Crippen LogP contribution in [0.5, 0.6) is 0 Å². The molecule has 224 valence electrons. The summed E-state index contributed by atoms with van der Waals surface area (Å²) in [7, 11) is -1.53. The van der Waals surface area contributed by atoms with Gasteiger partial charge in [-0.3, -0.25) is 9.59 Å². The van der Waals surface area contributed by atoms with Crippen molar-refractivity contribution >= 4 is 37.6 Å². The Balaban J connectivity index is 1.58. The zero-order valence-electron chi connectivity index (χ0n) is 25.1. The van der Waals surface area contributed by atoms with E-state index in [1.807, 2.05) is 12.1 Å². The van der Waals surface area contributed by atoms with E-state index in [9.17, 15) is 18.0 Å². The molecule has 7 nitrogen and oxygen atoms in total. The Hall–Kier alpha value is -2.23. The summed E-state index contributed by atoms with van der Waals surface area (Å²) in [6.45, 7) is 11.0. The number of amides is 2. The third-order valence-corrected chi connectivity index (χ3v) is 11.3. The predicted octanol–water partition coefficient (Wildman–Crippen LogP) is 5.57. The van der Waals surface area contributed by atoms with Crippen LogP contribution in [-0.2, 0) is 20.0 Å². The number of carbonyl (C=O) groups is 2. The number of nitrogens with one attached hydrogen (secondary N) is 1. The first kappa shape index (κ1) is 31.7. The van der Waals surface area contributed by atoms with E-state index in [4.69, 9.17) is 0 Å². The zero-order valence-corrected chi connectivity index (χ0v) is 27.5. The number of rotatable bonds is 8. The molecule has 2 aliphatic rings. The van der Waals surface area contributed by atoms with Crippen LogP contribution in [0, 0.1) is 0 Å². The number of hydrogen-bond acceptors (Lipinski definition) is 5. The minimum absolute atomic E-state index is 0.116. The first-order valence-electron chi connectivity index (χ1n) is 14.6. The molecule has 1 heterocycles. The monoisotopic (exact) mass is 645 g/mol. The number of halogens is 1. The summed E-state index contributed by atoms with van der Waals surface area (Å²) in [5, 5.41) is 2.96. The maximum atomic E-state index is 13.9. The maximum absolute atomic E-state index is 13.9. The van der Waals surface area contributed by atoms with Gasteiger partial charge in [-0.15, -0.1) is 0 Å². The second kappa shape index (κ2) is 12.2. The lowest BCUT2D eigenvalue weighted by Crippen LogP contribution is -2.59. The molecular weight excluding hydrogens is 602 g/mol. The van der Waals surface area contributed by atoms with Gasteiger partial charge in [0.1, 0.15) is 6.04 Å². The molecule has 2 aromatic rings. The van der Waals surface area contributed by atoms with E-state index in [2.05, 4.69) is 67.8 Å². The van der Waals surface area contributed by atoms with Gasteiger partial charge in [0.25, 0.3) is 5.91 Å². The molecule has 0 aromatic heterocycles. The van der Waals surface area contributed by atoms with Crippen molar-refractivity contribution in [3.63, 3.8) is 0 Å². The van der Waals surface area contributed by atoms with Gasteiger partial charge in [0, 0.05) is 28.7 Å². The van der Waals surface area contributed by atoms with Gasteiger partial charge in [-0.05, 0) is 94.3 Å². The SMILES string of the molecule is CC(C)N(C)C1CCC(CS(=O)(=O)c2ccccc2)(N2CC[C@H](NC(=O)c3cc(Br)cc(C(C)(C)C)c3)C2=O)CC1. The van der Waals surface area contributed by atoms with Crippen LogP contribution >= 0.6 is 15.9 Å². The molecular formula is C32H44BrN3O4S. The van der Waals surface area contributed by atoms with Crippen LogP contribution in [0.4, 0.5) is 0 Å². The Kier molecular flexibility index (Phi) is 9.41. The summed E-state index contributed by atoms with van der Waals surface area (Å²) in [5.41, 5.74) is 0.561. The normalized spacial score (nSPS) is 23.8. The van der Waals surface area contributed by atoms with Crippen molar-refractivity contribution in [2.75, 3.05) is 19.3 Å². The van der Waals surface area contributed by atoms with Crippen molar-refractivity contribution in [1.82, 2.24) is 15.1 Å². The van der Waals surface area contributed by atoms with Crippen molar-refractivity contribution in [3.8, 4) is 0 Å². The Morgan fingerprint density at radius 2 is 1.73 bits per heavy atom. The predicted molar refractivity (Wildman–Crippen MR) is 167 cm³/mol. The maximum Gasteiger partial charge on any atom is 0.251 e. The van der Waals surface area contributed by atoms with Crippen LogP contribution in [0.15, 0.2) is 57.9 Å². The van der Waals surface area contributed by atoms with E-state index in [1.165, 1.54) is 0 Å². The molecule has 1 aliphatic heterocycles. The molecule has 41 heavy (non-hydrogen) atoms. The molecule has 0 spiro atoms. The molecule has 1 aliphatic carbocycles. The number of nitrogens with zero attached hydrogens (tertiary/aromatic N) is 2. The lowest BCUT2D eigenvalue weighted by Gasteiger charge is -2.48. The highest BCUT2D eigenvalue weighted by Crippen LogP contribution is 2.40. The lowest BCUT2D eigenvalue weighted by atomic mass is 9.78. The minimum atomic E-state index is -3.64. The highest BCUT2D eigenvalue weighted by Gasteiger charge is 2.50. The van der Waals surface area contributed by atoms with Gasteiger partial charge in [-0.25, -0.2) is 8.42 Å². The Labute approximate surface area is 254 Å². The zero-order chi connectivity index (χ0) is 30.2. The third-order valence-electron chi connectivity index (χ3n) is 8.95. The van der Waals surface area contributed by atoms with Crippen molar-refractivity contribution in [2.45, 2.75) is 101 Å². The summed E-state index contributed by atoms with van der Waals surface area (Å²) < 4.78 is 28.1. The molecule has 0 unspecified atom stereocenters. The first-order chi connectivity index (χ1) is 19.1. The lowest BCUT2D eigenvalue weighted by molar-refractivity contribution is -0.135. The molecule has 2 aromatic carbocycles. The van der Waals surface area contributed by atoms with Crippen LogP contribution in [0.3, 0.4) is 0 Å². The number of carbonyl (C=O) groups excluding carboxylic acids is 2. The smallest absolute Gasteiger partial charge is 0.251 e. The van der Waals surface area contributed by atoms with E-state index in [0.717, 1.165) is 22.9 Å². The summed E-state index contributed by atoms with van der Waals surface area (Å²) in [6.07, 6.45) is 3.29. The topological polar surface area (TPSA) is 86.8 Å². The van der Waals surface area contributed by atoms with E-state index in [-0.39, 0.29) is 27.9 Å². The quantitative estimate of drug-likeness (QED) is 0.405. The third kappa shape index (κ3) is 7.05. The molecule has 1 saturated heterocycles. The Morgan fingerprint density at radius 1 is 1.10 bits per heavy atom. The van der Waals surface area contributed by atoms with Gasteiger partial charge in [-0.2, -0.15) is 0 Å². The fraction of sp³-hybridized carbons (Fsp3) is 0.562. The molecule has 4 rings (SSSR count). The van der Waals surface area contributed by atoms with Gasteiger partial charge < -0.3 is 15.1 Å². The Bertz CT molecular complexity index is 1360. The molecule has 9 heteroatoms. The van der Waals surface area contributed by atoms with E-state index >= 15 is 0 Å². The average Bonchev–Trinajstić information content (AvgIpc) is 3.28. The summed E-state index contributed by atoms with van der Waals surface area (Å²) >= 11 is 3.52. The average molecular weight is 647 g/mol. The molecule has 0 radical (unpaired) electrons. The van der Waals surface area contributed by atoms with Crippen molar-refractivity contribution in [3.05, 3.63) is 64.1 Å².